The van der Waals surface area contributed by atoms with Crippen LogP contribution >= 0.6 is 0 Å². The highest BCUT2D eigenvalue weighted by atomic mass is 16.7. The summed E-state index contributed by atoms with van der Waals surface area (Å²) < 4.78 is 16.9. The van der Waals surface area contributed by atoms with E-state index in [0.29, 0.717) is 13.2 Å². The number of rotatable bonds is 25. The molecule has 0 aliphatic carbocycles. The number of hydrogen-bond acceptors (Lipinski definition) is 3. The van der Waals surface area contributed by atoms with E-state index >= 15 is 0 Å². The first-order valence-electron chi connectivity index (χ1n) is 14.7. The van der Waals surface area contributed by atoms with Gasteiger partial charge in [0.2, 0.25) is 0 Å². The summed E-state index contributed by atoms with van der Waals surface area (Å²) in [7, 11) is 0. The first-order chi connectivity index (χ1) is 15.9. The van der Waals surface area contributed by atoms with E-state index in [1.54, 1.807) is 0 Å². The predicted molar refractivity (Wildman–Crippen MR) is 138 cm³/mol. The summed E-state index contributed by atoms with van der Waals surface area (Å²) in [6.07, 6.45) is 32.0. The third kappa shape index (κ3) is 21.7. The maximum atomic E-state index is 5.68. The Bertz CT molecular complexity index is 341. The van der Waals surface area contributed by atoms with Crippen LogP contribution < -0.4 is 0 Å². The van der Waals surface area contributed by atoms with Crippen molar-refractivity contribution in [2.45, 2.75) is 161 Å². The third-order valence-electron chi connectivity index (χ3n) is 6.81. The van der Waals surface area contributed by atoms with E-state index in [9.17, 15) is 0 Å². The van der Waals surface area contributed by atoms with Gasteiger partial charge in [-0.3, -0.25) is 0 Å². The zero-order valence-corrected chi connectivity index (χ0v) is 21.9. The molecule has 0 N–H and O–H groups in total. The maximum Gasteiger partial charge on any atom is 0.157 e. The second-order valence-corrected chi connectivity index (χ2v) is 10.00. The van der Waals surface area contributed by atoms with Crippen molar-refractivity contribution in [3.05, 3.63) is 0 Å². The van der Waals surface area contributed by atoms with Crippen LogP contribution in [0.4, 0.5) is 0 Å². The van der Waals surface area contributed by atoms with Crippen molar-refractivity contribution in [3.63, 3.8) is 0 Å². The van der Waals surface area contributed by atoms with Crippen LogP contribution in [0.3, 0.4) is 0 Å². The molecular formula is C29H58O3. The van der Waals surface area contributed by atoms with Gasteiger partial charge in [0.1, 0.15) is 0 Å². The average Bonchev–Trinajstić information content (AvgIpc) is 2.82. The molecule has 0 amide bonds. The number of hydrogen-bond donors (Lipinski definition) is 0. The van der Waals surface area contributed by atoms with Gasteiger partial charge in [-0.05, 0) is 25.7 Å². The van der Waals surface area contributed by atoms with Gasteiger partial charge < -0.3 is 14.2 Å². The van der Waals surface area contributed by atoms with Crippen molar-refractivity contribution in [2.75, 3.05) is 26.4 Å². The largest absolute Gasteiger partial charge is 0.379 e. The lowest BCUT2D eigenvalue weighted by Crippen LogP contribution is -2.24. The molecule has 32 heavy (non-hydrogen) atoms. The Hall–Kier alpha value is -0.120. The van der Waals surface area contributed by atoms with Crippen molar-refractivity contribution in [1.29, 1.82) is 0 Å². The van der Waals surface area contributed by atoms with E-state index in [1.165, 1.54) is 141 Å². The van der Waals surface area contributed by atoms with Gasteiger partial charge in [0.05, 0.1) is 13.2 Å². The maximum absolute atomic E-state index is 5.68. The van der Waals surface area contributed by atoms with E-state index in [1.807, 2.05) is 0 Å². The zero-order valence-electron chi connectivity index (χ0n) is 21.9. The Balaban J connectivity index is 1.62. The SMILES string of the molecule is CCCCCCCCCCCCCCCCCCCCCCOCCOC1CCCCO1. The molecule has 1 heterocycles. The van der Waals surface area contributed by atoms with Crippen LogP contribution in [0, 0.1) is 0 Å². The molecule has 192 valence electrons. The van der Waals surface area contributed by atoms with Crippen LogP contribution in [0.25, 0.3) is 0 Å². The molecule has 0 spiro atoms. The molecule has 0 aromatic heterocycles. The molecule has 1 fully saturated rings. The Morgan fingerprint density at radius 1 is 0.531 bits per heavy atom. The van der Waals surface area contributed by atoms with Gasteiger partial charge in [0, 0.05) is 13.2 Å². The van der Waals surface area contributed by atoms with Gasteiger partial charge in [0.15, 0.2) is 6.29 Å². The summed E-state index contributed by atoms with van der Waals surface area (Å²) in [6, 6.07) is 0. The molecule has 1 saturated heterocycles. The molecule has 1 unspecified atom stereocenters. The molecule has 3 nitrogen and oxygen atoms in total. The molecule has 0 bridgehead atoms. The molecule has 0 aromatic rings. The van der Waals surface area contributed by atoms with Crippen molar-refractivity contribution < 1.29 is 14.2 Å². The summed E-state index contributed by atoms with van der Waals surface area (Å²) in [5.41, 5.74) is 0. The van der Waals surface area contributed by atoms with E-state index < -0.39 is 0 Å². The predicted octanol–water partition coefficient (Wildman–Crippen LogP) is 9.37. The summed E-state index contributed by atoms with van der Waals surface area (Å²) in [5, 5.41) is 0. The number of ether oxygens (including phenoxy) is 3. The normalized spacial score (nSPS) is 16.6. The molecular weight excluding hydrogens is 396 g/mol. The van der Waals surface area contributed by atoms with Gasteiger partial charge in [-0.2, -0.15) is 0 Å². The van der Waals surface area contributed by atoms with Crippen LogP contribution in [0.5, 0.6) is 0 Å². The van der Waals surface area contributed by atoms with Crippen LogP contribution in [0.1, 0.15) is 155 Å². The molecule has 1 rings (SSSR count). The minimum atomic E-state index is 0.0204. The summed E-state index contributed by atoms with van der Waals surface area (Å²) >= 11 is 0. The van der Waals surface area contributed by atoms with Crippen molar-refractivity contribution in [2.24, 2.45) is 0 Å². The lowest BCUT2D eigenvalue weighted by atomic mass is 10.0. The number of unbranched alkanes of at least 4 members (excludes halogenated alkanes) is 19. The highest BCUT2D eigenvalue weighted by Gasteiger charge is 2.13. The van der Waals surface area contributed by atoms with E-state index in [4.69, 9.17) is 14.2 Å². The van der Waals surface area contributed by atoms with Crippen LogP contribution in [0.15, 0.2) is 0 Å². The molecule has 0 saturated carbocycles. The fourth-order valence-electron chi connectivity index (χ4n) is 4.64. The van der Waals surface area contributed by atoms with Gasteiger partial charge in [-0.25, -0.2) is 0 Å². The van der Waals surface area contributed by atoms with E-state index in [-0.39, 0.29) is 6.29 Å². The summed E-state index contributed by atoms with van der Waals surface area (Å²) in [4.78, 5) is 0. The fourth-order valence-corrected chi connectivity index (χ4v) is 4.64. The van der Waals surface area contributed by atoms with Gasteiger partial charge >= 0.3 is 0 Å². The van der Waals surface area contributed by atoms with E-state index in [0.717, 1.165) is 19.6 Å². The van der Waals surface area contributed by atoms with Gasteiger partial charge in [-0.15, -0.1) is 0 Å². The summed E-state index contributed by atoms with van der Waals surface area (Å²) in [6.45, 7) is 5.41. The minimum absolute atomic E-state index is 0.0204. The second kappa shape index (κ2) is 25.5. The van der Waals surface area contributed by atoms with Crippen molar-refractivity contribution in [3.8, 4) is 0 Å². The van der Waals surface area contributed by atoms with Crippen LogP contribution in [0.2, 0.25) is 0 Å². The van der Waals surface area contributed by atoms with Crippen molar-refractivity contribution >= 4 is 0 Å². The Morgan fingerprint density at radius 3 is 1.44 bits per heavy atom. The monoisotopic (exact) mass is 454 g/mol. The van der Waals surface area contributed by atoms with Crippen LogP contribution in [-0.2, 0) is 14.2 Å². The topological polar surface area (TPSA) is 27.7 Å². The highest BCUT2D eigenvalue weighted by molar-refractivity contribution is 4.54. The third-order valence-corrected chi connectivity index (χ3v) is 6.81. The lowest BCUT2D eigenvalue weighted by Gasteiger charge is -2.22. The molecule has 0 aromatic carbocycles. The molecule has 1 atom stereocenters. The highest BCUT2D eigenvalue weighted by Crippen LogP contribution is 2.15. The first kappa shape index (κ1) is 29.9. The first-order valence-corrected chi connectivity index (χ1v) is 14.7. The second-order valence-electron chi connectivity index (χ2n) is 10.00. The minimum Gasteiger partial charge on any atom is -0.379 e. The molecule has 1 aliphatic rings. The Labute approximate surface area is 201 Å². The quantitative estimate of drug-likeness (QED) is 0.129. The summed E-state index contributed by atoms with van der Waals surface area (Å²) in [5.74, 6) is 0. The molecule has 3 heteroatoms. The standard InChI is InChI=1S/C29H58O3/c1-2-3-4-5-6-7-8-9-10-11-12-13-14-15-16-17-18-19-20-22-25-30-27-28-32-29-24-21-23-26-31-29/h29H,2-28H2,1H3. The zero-order chi connectivity index (χ0) is 22.8. The van der Waals surface area contributed by atoms with Gasteiger partial charge in [0.25, 0.3) is 0 Å². The smallest absolute Gasteiger partial charge is 0.157 e. The van der Waals surface area contributed by atoms with Crippen molar-refractivity contribution in [1.82, 2.24) is 0 Å². The Morgan fingerprint density at radius 2 is 1.00 bits per heavy atom. The molecule has 0 radical (unpaired) electrons. The molecule has 1 aliphatic heterocycles. The lowest BCUT2D eigenvalue weighted by molar-refractivity contribution is -0.169. The van der Waals surface area contributed by atoms with E-state index in [2.05, 4.69) is 6.92 Å². The average molecular weight is 455 g/mol. The van der Waals surface area contributed by atoms with Crippen LogP contribution in [-0.4, -0.2) is 32.7 Å². The Kier molecular flexibility index (Phi) is 23.8. The van der Waals surface area contributed by atoms with Gasteiger partial charge in [-0.1, -0.05) is 129 Å². The fraction of sp³-hybridized carbons (Fsp3) is 1.00.